The molecule has 0 saturated heterocycles. The highest BCUT2D eigenvalue weighted by Gasteiger charge is 2.13. The smallest absolute Gasteiger partial charge is 0.241 e. The number of rotatable bonds is 14. The lowest BCUT2D eigenvalue weighted by Gasteiger charge is -2.16. The second kappa shape index (κ2) is 12.4. The Kier molecular flexibility index (Phi) is 12.3. The largest absolute Gasteiger partial charge is 0.550 e. The molecule has 0 aliphatic heterocycles. The van der Waals surface area contributed by atoms with Crippen LogP contribution in [-0.4, -0.2) is 23.2 Å². The van der Waals surface area contributed by atoms with Crippen molar-refractivity contribution in [2.24, 2.45) is 0 Å². The maximum Gasteiger partial charge on any atom is 0.241 e. The first kappa shape index (κ1) is 21.9. The van der Waals surface area contributed by atoms with E-state index in [4.69, 9.17) is 8.85 Å². The van der Waals surface area contributed by atoms with Crippen LogP contribution in [-0.2, 0) is 8.85 Å². The molecule has 0 heterocycles. The second-order valence-corrected chi connectivity index (χ2v) is 17.2. The van der Waals surface area contributed by atoms with E-state index in [9.17, 15) is 0 Å². The van der Waals surface area contributed by atoms with Crippen LogP contribution in [0.1, 0.15) is 57.8 Å². The van der Waals surface area contributed by atoms with Gasteiger partial charge in [0, 0.05) is 6.61 Å². The average molecular weight is 345 g/mol. The van der Waals surface area contributed by atoms with Crippen LogP contribution in [0.25, 0.3) is 0 Å². The second-order valence-electron chi connectivity index (χ2n) is 8.18. The molecule has 0 radical (unpaired) electrons. The lowest BCUT2D eigenvalue weighted by molar-refractivity contribution is 0.298. The Bertz CT molecular complexity index is 278. The molecule has 0 aromatic rings. The fourth-order valence-electron chi connectivity index (χ4n) is 2.12. The summed E-state index contributed by atoms with van der Waals surface area (Å²) in [6.07, 6.45) is 16.1. The van der Waals surface area contributed by atoms with Crippen molar-refractivity contribution >= 4 is 16.6 Å². The molecular formula is C18H40O2Si2. The number of allylic oxidation sites excluding steroid dienone is 1. The zero-order chi connectivity index (χ0) is 16.9. The van der Waals surface area contributed by atoms with Gasteiger partial charge in [-0.3, -0.25) is 0 Å². The van der Waals surface area contributed by atoms with Crippen molar-refractivity contribution in [2.45, 2.75) is 97.1 Å². The summed E-state index contributed by atoms with van der Waals surface area (Å²) in [6, 6.07) is 0. The lowest BCUT2D eigenvalue weighted by atomic mass is 10.1. The van der Waals surface area contributed by atoms with E-state index in [0.29, 0.717) is 0 Å². The van der Waals surface area contributed by atoms with Gasteiger partial charge in [-0.1, -0.05) is 44.6 Å². The molecule has 0 rings (SSSR count). The zero-order valence-electron chi connectivity index (χ0n) is 16.0. The topological polar surface area (TPSA) is 18.5 Å². The standard InChI is InChI=1S/C18H40O2Si2/c1-21(2,3)19-17-15-13-11-9-7-8-10-12-14-16-18-20-22(4,5)6/h15,17H,7-14,16,18H2,1-6H3. The van der Waals surface area contributed by atoms with Crippen LogP contribution in [0.5, 0.6) is 0 Å². The van der Waals surface area contributed by atoms with Gasteiger partial charge in [-0.2, -0.15) is 0 Å². The summed E-state index contributed by atoms with van der Waals surface area (Å²) in [4.78, 5) is 0. The van der Waals surface area contributed by atoms with Gasteiger partial charge < -0.3 is 8.85 Å². The van der Waals surface area contributed by atoms with Crippen molar-refractivity contribution in [2.75, 3.05) is 6.61 Å². The van der Waals surface area contributed by atoms with Crippen molar-refractivity contribution in [1.29, 1.82) is 0 Å². The van der Waals surface area contributed by atoms with E-state index in [-0.39, 0.29) is 0 Å². The van der Waals surface area contributed by atoms with Crippen molar-refractivity contribution in [1.82, 2.24) is 0 Å². The molecule has 0 aromatic heterocycles. The van der Waals surface area contributed by atoms with E-state index in [1.165, 1.54) is 57.8 Å². The van der Waals surface area contributed by atoms with Gasteiger partial charge >= 0.3 is 0 Å². The van der Waals surface area contributed by atoms with Crippen molar-refractivity contribution in [3.63, 3.8) is 0 Å². The molecule has 22 heavy (non-hydrogen) atoms. The molecule has 0 aromatic carbocycles. The van der Waals surface area contributed by atoms with Gasteiger partial charge in [0.15, 0.2) is 8.32 Å². The van der Waals surface area contributed by atoms with Crippen LogP contribution in [0.15, 0.2) is 12.3 Å². The number of hydrogen-bond donors (Lipinski definition) is 0. The first-order valence-corrected chi connectivity index (χ1v) is 16.0. The third kappa shape index (κ3) is 19.9. The molecule has 0 atom stereocenters. The molecule has 0 saturated carbocycles. The average Bonchev–Trinajstić information content (AvgIpc) is 2.36. The van der Waals surface area contributed by atoms with Crippen molar-refractivity contribution < 1.29 is 8.85 Å². The zero-order valence-corrected chi connectivity index (χ0v) is 18.0. The Labute approximate surface area is 141 Å². The highest BCUT2D eigenvalue weighted by Crippen LogP contribution is 2.11. The summed E-state index contributed by atoms with van der Waals surface area (Å²) >= 11 is 0. The van der Waals surface area contributed by atoms with Gasteiger partial charge in [0.25, 0.3) is 0 Å². The Balaban J connectivity index is 3.18. The molecule has 132 valence electrons. The fourth-order valence-corrected chi connectivity index (χ4v) is 3.38. The third-order valence-corrected chi connectivity index (χ3v) is 5.23. The molecule has 0 spiro atoms. The molecule has 4 heteroatoms. The first-order chi connectivity index (χ1) is 10.2. The number of unbranched alkanes of at least 4 members (excludes halogenated alkanes) is 8. The Morgan fingerprint density at radius 1 is 0.636 bits per heavy atom. The van der Waals surface area contributed by atoms with Gasteiger partial charge in [0.2, 0.25) is 8.32 Å². The monoisotopic (exact) mass is 344 g/mol. The Hall–Kier alpha value is -0.0662. The summed E-state index contributed by atoms with van der Waals surface area (Å²) in [6.45, 7) is 14.4. The lowest BCUT2D eigenvalue weighted by Crippen LogP contribution is -2.25. The predicted octanol–water partition coefficient (Wildman–Crippen LogP) is 6.71. The molecule has 0 aliphatic rings. The van der Waals surface area contributed by atoms with Crippen molar-refractivity contribution in [3.05, 3.63) is 12.3 Å². The van der Waals surface area contributed by atoms with Gasteiger partial charge in [0.1, 0.15) is 0 Å². The molecule has 0 amide bonds. The van der Waals surface area contributed by atoms with E-state index in [1.807, 2.05) is 6.26 Å². The fraction of sp³-hybridized carbons (Fsp3) is 0.889. The normalized spacial score (nSPS) is 13.0. The van der Waals surface area contributed by atoms with Crippen LogP contribution < -0.4 is 0 Å². The minimum Gasteiger partial charge on any atom is -0.550 e. The highest BCUT2D eigenvalue weighted by atomic mass is 28.4. The molecular weight excluding hydrogens is 304 g/mol. The van der Waals surface area contributed by atoms with E-state index < -0.39 is 16.6 Å². The predicted molar refractivity (Wildman–Crippen MR) is 104 cm³/mol. The number of hydrogen-bond acceptors (Lipinski definition) is 2. The van der Waals surface area contributed by atoms with Crippen LogP contribution in [0.3, 0.4) is 0 Å². The van der Waals surface area contributed by atoms with Gasteiger partial charge in [-0.05, 0) is 58.5 Å². The summed E-state index contributed by atoms with van der Waals surface area (Å²) in [5.41, 5.74) is 0. The Morgan fingerprint density at radius 2 is 1.14 bits per heavy atom. The molecule has 0 fully saturated rings. The third-order valence-electron chi connectivity index (χ3n) is 3.32. The van der Waals surface area contributed by atoms with Gasteiger partial charge in [0.05, 0.1) is 6.26 Å². The van der Waals surface area contributed by atoms with Crippen LogP contribution in [0.2, 0.25) is 39.3 Å². The summed E-state index contributed by atoms with van der Waals surface area (Å²) in [7, 11) is -2.64. The molecule has 2 nitrogen and oxygen atoms in total. The SMILES string of the molecule is C[Si](C)(C)OC=CCCCCCCCCCCO[Si](C)(C)C. The van der Waals surface area contributed by atoms with Crippen LogP contribution >= 0.6 is 0 Å². The van der Waals surface area contributed by atoms with E-state index in [1.54, 1.807) is 0 Å². The van der Waals surface area contributed by atoms with Gasteiger partial charge in [-0.25, -0.2) is 0 Å². The van der Waals surface area contributed by atoms with Gasteiger partial charge in [-0.15, -0.1) is 0 Å². The maximum atomic E-state index is 5.87. The molecule has 0 bridgehead atoms. The van der Waals surface area contributed by atoms with E-state index in [0.717, 1.165) is 6.61 Å². The van der Waals surface area contributed by atoms with Crippen LogP contribution in [0.4, 0.5) is 0 Å². The minimum absolute atomic E-state index is 0.974. The maximum absolute atomic E-state index is 5.87. The highest BCUT2D eigenvalue weighted by molar-refractivity contribution is 6.70. The molecule has 0 N–H and O–H groups in total. The molecule has 0 unspecified atom stereocenters. The van der Waals surface area contributed by atoms with Crippen LogP contribution in [0, 0.1) is 0 Å². The minimum atomic E-state index is -1.36. The summed E-state index contributed by atoms with van der Waals surface area (Å²) < 4.78 is 11.6. The van der Waals surface area contributed by atoms with Crippen molar-refractivity contribution in [3.8, 4) is 0 Å². The quantitative estimate of drug-likeness (QED) is 0.198. The summed E-state index contributed by atoms with van der Waals surface area (Å²) in [5.74, 6) is 0. The summed E-state index contributed by atoms with van der Waals surface area (Å²) in [5, 5.41) is 0. The van der Waals surface area contributed by atoms with E-state index >= 15 is 0 Å². The van der Waals surface area contributed by atoms with E-state index in [2.05, 4.69) is 45.4 Å². The first-order valence-electron chi connectivity index (χ1n) is 9.17. The molecule has 0 aliphatic carbocycles. The Morgan fingerprint density at radius 3 is 1.64 bits per heavy atom.